The fourth-order valence-corrected chi connectivity index (χ4v) is 0.394. The van der Waals surface area contributed by atoms with Crippen molar-refractivity contribution in [1.82, 2.24) is 0 Å². The molecule has 64 valence electrons. The minimum Gasteiger partial charge on any atom is -0.454 e. The number of esters is 1. The topological polar surface area (TPSA) is 52.3 Å². The smallest absolute Gasteiger partial charge is 0.323 e. The van der Waals surface area contributed by atoms with E-state index < -0.39 is 17.6 Å². The molecule has 1 unspecified atom stereocenters. The van der Waals surface area contributed by atoms with E-state index in [4.69, 9.17) is 10.5 Å². The van der Waals surface area contributed by atoms with Crippen molar-refractivity contribution in [3.05, 3.63) is 12.7 Å². The molecule has 0 aromatic carbocycles. The van der Waals surface area contributed by atoms with Gasteiger partial charge in [0, 0.05) is 0 Å². The van der Waals surface area contributed by atoms with Crippen molar-refractivity contribution in [1.29, 1.82) is 0 Å². The molecular formula is C8H15NO2. The average molecular weight is 157 g/mol. The molecule has 0 rings (SSSR count). The Morgan fingerprint density at radius 2 is 2.18 bits per heavy atom. The van der Waals surface area contributed by atoms with E-state index in [0.29, 0.717) is 0 Å². The fourth-order valence-electron chi connectivity index (χ4n) is 0.394. The summed E-state index contributed by atoms with van der Waals surface area (Å²) in [6.07, 6.45) is 1.56. The van der Waals surface area contributed by atoms with Crippen LogP contribution in [0.2, 0.25) is 0 Å². The minimum absolute atomic E-state index is 0.407. The zero-order valence-corrected chi connectivity index (χ0v) is 7.26. The van der Waals surface area contributed by atoms with Crippen molar-refractivity contribution in [3.63, 3.8) is 0 Å². The summed E-state index contributed by atoms with van der Waals surface area (Å²) in [6.45, 7) is 8.61. The highest BCUT2D eigenvalue weighted by Gasteiger charge is 2.20. The van der Waals surface area contributed by atoms with Gasteiger partial charge in [0.15, 0.2) is 0 Å². The van der Waals surface area contributed by atoms with Gasteiger partial charge in [0.1, 0.15) is 11.6 Å². The van der Waals surface area contributed by atoms with Gasteiger partial charge in [-0.25, -0.2) is 0 Å². The third-order valence-electron chi connectivity index (χ3n) is 1.23. The van der Waals surface area contributed by atoms with Crippen LogP contribution in [0.3, 0.4) is 0 Å². The lowest BCUT2D eigenvalue weighted by atomic mass is 10.1. The van der Waals surface area contributed by atoms with Gasteiger partial charge in [0.25, 0.3) is 0 Å². The van der Waals surface area contributed by atoms with Crippen LogP contribution < -0.4 is 5.73 Å². The molecule has 3 nitrogen and oxygen atoms in total. The van der Waals surface area contributed by atoms with Gasteiger partial charge in [-0.1, -0.05) is 6.58 Å². The first-order valence-electron chi connectivity index (χ1n) is 3.51. The highest BCUT2D eigenvalue weighted by molar-refractivity contribution is 5.75. The molecule has 0 heterocycles. The summed E-state index contributed by atoms with van der Waals surface area (Å²) >= 11 is 0. The zero-order chi connectivity index (χ0) is 9.07. The van der Waals surface area contributed by atoms with E-state index in [1.54, 1.807) is 26.8 Å². The Kier molecular flexibility index (Phi) is 3.26. The van der Waals surface area contributed by atoms with Crippen LogP contribution in [0.25, 0.3) is 0 Å². The fraction of sp³-hybridized carbons (Fsp3) is 0.625. The van der Waals surface area contributed by atoms with Crippen LogP contribution in [0.1, 0.15) is 20.8 Å². The number of carbonyl (C=O) groups is 1. The molecule has 3 heteroatoms. The predicted molar refractivity (Wildman–Crippen MR) is 44.0 cm³/mol. The van der Waals surface area contributed by atoms with Crippen LogP contribution >= 0.6 is 0 Å². The Labute approximate surface area is 67.2 Å². The summed E-state index contributed by atoms with van der Waals surface area (Å²) in [6, 6.07) is -0.575. The molecule has 0 saturated carbocycles. The highest BCUT2D eigenvalue weighted by atomic mass is 16.6. The molecule has 0 aliphatic rings. The number of carbonyl (C=O) groups excluding carboxylic acids is 1. The largest absolute Gasteiger partial charge is 0.454 e. The Bertz CT molecular complexity index is 161. The molecule has 0 aromatic rings. The molecule has 0 amide bonds. The first kappa shape index (κ1) is 10.2. The van der Waals surface area contributed by atoms with E-state index in [0.717, 1.165) is 0 Å². The molecule has 0 spiro atoms. The summed E-state index contributed by atoms with van der Waals surface area (Å²) in [5.41, 5.74) is 4.67. The first-order chi connectivity index (χ1) is 4.89. The Hall–Kier alpha value is -0.830. The zero-order valence-electron chi connectivity index (χ0n) is 7.26. The molecule has 2 N–H and O–H groups in total. The van der Waals surface area contributed by atoms with Gasteiger partial charge in [0.2, 0.25) is 0 Å². The third kappa shape index (κ3) is 3.78. The average Bonchev–Trinajstić information content (AvgIpc) is 1.87. The molecule has 0 fully saturated rings. The Morgan fingerprint density at radius 1 is 1.73 bits per heavy atom. The van der Waals surface area contributed by atoms with E-state index in [1.165, 1.54) is 0 Å². The van der Waals surface area contributed by atoms with Gasteiger partial charge in [-0.15, -0.1) is 0 Å². The van der Waals surface area contributed by atoms with Gasteiger partial charge in [-0.2, -0.15) is 0 Å². The van der Waals surface area contributed by atoms with E-state index in [1.807, 2.05) is 0 Å². The maximum atomic E-state index is 10.9. The Morgan fingerprint density at radius 3 is 2.45 bits per heavy atom. The van der Waals surface area contributed by atoms with Gasteiger partial charge >= 0.3 is 5.97 Å². The molecule has 0 aromatic heterocycles. The SMILES string of the molecule is C=CC(C)(C)OC(=O)C(C)N. The van der Waals surface area contributed by atoms with Crippen molar-refractivity contribution in [2.24, 2.45) is 5.73 Å². The van der Waals surface area contributed by atoms with Crippen LogP contribution in [0.5, 0.6) is 0 Å². The molecule has 0 bridgehead atoms. The van der Waals surface area contributed by atoms with Crippen LogP contribution in [-0.4, -0.2) is 17.6 Å². The van der Waals surface area contributed by atoms with Crippen LogP contribution in [0, 0.1) is 0 Å². The van der Waals surface area contributed by atoms with Crippen LogP contribution in [0.4, 0.5) is 0 Å². The molecule has 11 heavy (non-hydrogen) atoms. The summed E-state index contributed by atoms with van der Waals surface area (Å²) in [7, 11) is 0. The predicted octanol–water partition coefficient (Wildman–Crippen LogP) is 0.841. The normalized spacial score (nSPS) is 13.8. The second kappa shape index (κ2) is 3.53. The molecule has 0 saturated heterocycles. The Balaban J connectivity index is 4.04. The van der Waals surface area contributed by atoms with E-state index in [2.05, 4.69) is 6.58 Å². The second-order valence-electron chi connectivity index (χ2n) is 3.02. The summed E-state index contributed by atoms with van der Waals surface area (Å²) in [5.74, 6) is -0.407. The summed E-state index contributed by atoms with van der Waals surface area (Å²) in [5, 5.41) is 0. The number of hydrogen-bond donors (Lipinski definition) is 1. The van der Waals surface area contributed by atoms with Crippen molar-refractivity contribution in [2.45, 2.75) is 32.4 Å². The molecule has 0 aliphatic carbocycles. The highest BCUT2D eigenvalue weighted by Crippen LogP contribution is 2.10. The van der Waals surface area contributed by atoms with Crippen molar-refractivity contribution < 1.29 is 9.53 Å². The number of hydrogen-bond acceptors (Lipinski definition) is 3. The van der Waals surface area contributed by atoms with Gasteiger partial charge in [0.05, 0.1) is 0 Å². The lowest BCUT2D eigenvalue weighted by Crippen LogP contribution is -2.35. The monoisotopic (exact) mass is 157 g/mol. The summed E-state index contributed by atoms with van der Waals surface area (Å²) in [4.78, 5) is 10.9. The molecule has 0 radical (unpaired) electrons. The van der Waals surface area contributed by atoms with Gasteiger partial charge in [-0.05, 0) is 26.8 Å². The van der Waals surface area contributed by atoms with E-state index in [-0.39, 0.29) is 0 Å². The third-order valence-corrected chi connectivity index (χ3v) is 1.23. The lowest BCUT2D eigenvalue weighted by Gasteiger charge is -2.21. The van der Waals surface area contributed by atoms with E-state index in [9.17, 15) is 4.79 Å². The first-order valence-corrected chi connectivity index (χ1v) is 3.51. The number of nitrogens with two attached hydrogens (primary N) is 1. The number of rotatable bonds is 3. The second-order valence-corrected chi connectivity index (χ2v) is 3.02. The maximum Gasteiger partial charge on any atom is 0.323 e. The van der Waals surface area contributed by atoms with Gasteiger partial charge in [-0.3, -0.25) is 4.79 Å². The van der Waals surface area contributed by atoms with Crippen molar-refractivity contribution >= 4 is 5.97 Å². The number of ether oxygens (including phenoxy) is 1. The lowest BCUT2D eigenvalue weighted by molar-refractivity contribution is -0.153. The van der Waals surface area contributed by atoms with E-state index >= 15 is 0 Å². The van der Waals surface area contributed by atoms with Crippen LogP contribution in [0.15, 0.2) is 12.7 Å². The minimum atomic E-state index is -0.620. The van der Waals surface area contributed by atoms with Crippen molar-refractivity contribution in [3.8, 4) is 0 Å². The molecular weight excluding hydrogens is 142 g/mol. The van der Waals surface area contributed by atoms with Crippen molar-refractivity contribution in [2.75, 3.05) is 0 Å². The van der Waals surface area contributed by atoms with Gasteiger partial charge < -0.3 is 10.5 Å². The standard InChI is InChI=1S/C8H15NO2/c1-5-8(3,4)11-7(10)6(2)9/h5-6H,1,9H2,2-4H3. The summed E-state index contributed by atoms with van der Waals surface area (Å²) < 4.78 is 4.97. The molecule has 1 atom stereocenters. The van der Waals surface area contributed by atoms with Crippen LogP contribution in [-0.2, 0) is 9.53 Å². The molecule has 0 aliphatic heterocycles. The maximum absolute atomic E-state index is 10.9. The quantitative estimate of drug-likeness (QED) is 0.488.